The first kappa shape index (κ1) is 20.2. The van der Waals surface area contributed by atoms with E-state index in [2.05, 4.69) is 22.4 Å². The maximum atomic E-state index is 12.2. The predicted octanol–water partition coefficient (Wildman–Crippen LogP) is 2.34. The first-order valence-corrected chi connectivity index (χ1v) is 11.2. The van der Waals surface area contributed by atoms with Crippen molar-refractivity contribution < 1.29 is 22.7 Å². The molecule has 3 rings (SSSR count). The summed E-state index contributed by atoms with van der Waals surface area (Å²) in [6.45, 7) is 1.94. The van der Waals surface area contributed by atoms with Crippen LogP contribution in [0.4, 0.5) is 5.69 Å². The van der Waals surface area contributed by atoms with Gasteiger partial charge in [0.25, 0.3) is 5.91 Å². The summed E-state index contributed by atoms with van der Waals surface area (Å²) in [4.78, 5) is 24.1. The number of aryl methyl sites for hydroxylation is 1. The number of anilines is 1. The molecule has 1 amide bonds. The van der Waals surface area contributed by atoms with Crippen LogP contribution in [0.15, 0.2) is 35.7 Å². The number of esters is 1. The van der Waals surface area contributed by atoms with E-state index < -0.39 is 15.8 Å². The molecule has 2 heterocycles. The minimum absolute atomic E-state index is 0.0182. The molecule has 148 valence electrons. The molecule has 1 aromatic carbocycles. The highest BCUT2D eigenvalue weighted by molar-refractivity contribution is 7.94. The molecule has 8 nitrogen and oxygen atoms in total. The van der Waals surface area contributed by atoms with Gasteiger partial charge in [-0.25, -0.2) is 8.42 Å². The number of aromatic nitrogens is 2. The summed E-state index contributed by atoms with van der Waals surface area (Å²) in [5.74, 6) is -1.36. The standard InChI is InChI=1S/C18H19N3O5S2/c1-2-12-3-5-14(6-4-12)19-17(23)18-21-20-15(27-18)10-26-16(22)9-13-7-8-28(24,25)11-13/h3-8,13H,2,9-11H2,1H3,(H,19,23). The monoisotopic (exact) mass is 421 g/mol. The maximum absolute atomic E-state index is 12.2. The molecule has 1 aliphatic rings. The fourth-order valence-corrected chi connectivity index (χ4v) is 4.64. The van der Waals surface area contributed by atoms with Crippen molar-refractivity contribution in [1.29, 1.82) is 0 Å². The third-order valence-electron chi connectivity index (χ3n) is 4.07. The number of allylic oxidation sites excluding steroid dienone is 1. The van der Waals surface area contributed by atoms with Gasteiger partial charge in [-0.15, -0.1) is 10.2 Å². The van der Waals surface area contributed by atoms with Gasteiger partial charge in [0.1, 0.15) is 6.61 Å². The Kier molecular flexibility index (Phi) is 6.20. The highest BCUT2D eigenvalue weighted by atomic mass is 32.2. The Labute approximate surface area is 166 Å². The normalized spacial score (nSPS) is 17.4. The van der Waals surface area contributed by atoms with Crippen molar-refractivity contribution in [3.05, 3.63) is 51.3 Å². The second-order valence-electron chi connectivity index (χ2n) is 6.29. The number of nitrogens with zero attached hydrogens (tertiary/aromatic N) is 2. The molecule has 1 atom stereocenters. The summed E-state index contributed by atoms with van der Waals surface area (Å²) >= 11 is 1.03. The number of carbonyl (C=O) groups is 2. The van der Waals surface area contributed by atoms with Crippen LogP contribution in [0.5, 0.6) is 0 Å². The number of amides is 1. The average Bonchev–Trinajstić information content (AvgIpc) is 3.27. The number of ether oxygens (including phenoxy) is 1. The van der Waals surface area contributed by atoms with Gasteiger partial charge in [0, 0.05) is 17.0 Å². The molecule has 1 N–H and O–H groups in total. The molecular weight excluding hydrogens is 402 g/mol. The van der Waals surface area contributed by atoms with Gasteiger partial charge in [0.2, 0.25) is 5.01 Å². The zero-order chi connectivity index (χ0) is 20.1. The molecule has 0 spiro atoms. The third-order valence-corrected chi connectivity index (χ3v) is 6.43. The van der Waals surface area contributed by atoms with E-state index in [0.717, 1.165) is 23.2 Å². The van der Waals surface area contributed by atoms with Crippen molar-refractivity contribution in [1.82, 2.24) is 10.2 Å². The number of carbonyl (C=O) groups excluding carboxylic acids is 2. The van der Waals surface area contributed by atoms with E-state index in [1.807, 2.05) is 24.3 Å². The molecule has 0 bridgehead atoms. The summed E-state index contributed by atoms with van der Waals surface area (Å²) < 4.78 is 27.8. The molecule has 0 fully saturated rings. The minimum Gasteiger partial charge on any atom is -0.458 e. The Morgan fingerprint density at radius 3 is 2.64 bits per heavy atom. The van der Waals surface area contributed by atoms with Crippen LogP contribution in [-0.4, -0.2) is 36.2 Å². The number of hydrogen-bond donors (Lipinski definition) is 1. The lowest BCUT2D eigenvalue weighted by atomic mass is 10.1. The van der Waals surface area contributed by atoms with E-state index in [1.54, 1.807) is 0 Å². The Morgan fingerprint density at radius 1 is 1.25 bits per heavy atom. The van der Waals surface area contributed by atoms with E-state index in [9.17, 15) is 18.0 Å². The molecule has 1 unspecified atom stereocenters. The van der Waals surface area contributed by atoms with Gasteiger partial charge in [-0.1, -0.05) is 36.5 Å². The number of rotatable bonds is 7. The molecule has 28 heavy (non-hydrogen) atoms. The van der Waals surface area contributed by atoms with E-state index >= 15 is 0 Å². The second kappa shape index (κ2) is 8.61. The average molecular weight is 422 g/mol. The zero-order valence-corrected chi connectivity index (χ0v) is 16.8. The van der Waals surface area contributed by atoms with Gasteiger partial charge < -0.3 is 10.1 Å². The molecule has 0 saturated carbocycles. The van der Waals surface area contributed by atoms with E-state index in [4.69, 9.17) is 4.74 Å². The van der Waals surface area contributed by atoms with Gasteiger partial charge in [-0.05, 0) is 24.1 Å². The maximum Gasteiger partial charge on any atom is 0.306 e. The number of benzene rings is 1. The quantitative estimate of drug-likeness (QED) is 0.682. The predicted molar refractivity (Wildman–Crippen MR) is 105 cm³/mol. The summed E-state index contributed by atoms with van der Waals surface area (Å²) in [6, 6.07) is 7.51. The van der Waals surface area contributed by atoms with Crippen LogP contribution in [0, 0.1) is 5.92 Å². The van der Waals surface area contributed by atoms with Crippen LogP contribution in [0.25, 0.3) is 0 Å². The third kappa shape index (κ3) is 5.46. The minimum atomic E-state index is -3.20. The van der Waals surface area contributed by atoms with Gasteiger partial charge in [0.15, 0.2) is 14.8 Å². The van der Waals surface area contributed by atoms with E-state index in [-0.39, 0.29) is 35.6 Å². The highest BCUT2D eigenvalue weighted by Crippen LogP contribution is 2.20. The highest BCUT2D eigenvalue weighted by Gasteiger charge is 2.24. The van der Waals surface area contributed by atoms with E-state index in [1.165, 1.54) is 11.6 Å². The van der Waals surface area contributed by atoms with Crippen molar-refractivity contribution in [2.24, 2.45) is 5.92 Å². The summed E-state index contributed by atoms with van der Waals surface area (Å²) in [5.41, 5.74) is 1.83. The first-order chi connectivity index (χ1) is 13.3. The zero-order valence-electron chi connectivity index (χ0n) is 15.1. The second-order valence-corrected chi connectivity index (χ2v) is 9.28. The van der Waals surface area contributed by atoms with Crippen LogP contribution >= 0.6 is 11.3 Å². The molecular formula is C18H19N3O5S2. The number of nitrogens with one attached hydrogen (secondary N) is 1. The fourth-order valence-electron chi connectivity index (χ4n) is 2.59. The Bertz CT molecular complexity index is 996. The molecule has 0 saturated heterocycles. The van der Waals surface area contributed by atoms with Crippen molar-refractivity contribution >= 4 is 38.7 Å². The number of hydrogen-bond acceptors (Lipinski definition) is 8. The van der Waals surface area contributed by atoms with E-state index in [0.29, 0.717) is 10.7 Å². The first-order valence-electron chi connectivity index (χ1n) is 8.64. The van der Waals surface area contributed by atoms with Crippen LogP contribution < -0.4 is 5.32 Å². The lowest BCUT2D eigenvalue weighted by Crippen LogP contribution is -2.13. The molecule has 1 aliphatic heterocycles. The lowest BCUT2D eigenvalue weighted by molar-refractivity contribution is -0.145. The fraction of sp³-hybridized carbons (Fsp3) is 0.333. The van der Waals surface area contributed by atoms with Crippen molar-refractivity contribution in [2.45, 2.75) is 26.4 Å². The smallest absolute Gasteiger partial charge is 0.306 e. The van der Waals surface area contributed by atoms with Crippen LogP contribution in [0.2, 0.25) is 0 Å². The van der Waals surface area contributed by atoms with Gasteiger partial charge >= 0.3 is 5.97 Å². The molecule has 10 heteroatoms. The Morgan fingerprint density at radius 2 is 2.00 bits per heavy atom. The largest absolute Gasteiger partial charge is 0.458 e. The molecule has 0 aliphatic carbocycles. The SMILES string of the molecule is CCc1ccc(NC(=O)c2nnc(COC(=O)CC3C=CS(=O)(=O)C3)s2)cc1. The van der Waals surface area contributed by atoms with Gasteiger partial charge in [-0.3, -0.25) is 9.59 Å². The van der Waals surface area contributed by atoms with Crippen molar-refractivity contribution in [3.63, 3.8) is 0 Å². The van der Waals surface area contributed by atoms with Crippen LogP contribution in [0.3, 0.4) is 0 Å². The van der Waals surface area contributed by atoms with Crippen molar-refractivity contribution in [3.8, 4) is 0 Å². The topological polar surface area (TPSA) is 115 Å². The molecule has 1 aromatic heterocycles. The van der Waals surface area contributed by atoms with Crippen LogP contribution in [-0.2, 0) is 32.4 Å². The van der Waals surface area contributed by atoms with Crippen LogP contribution in [0.1, 0.15) is 33.7 Å². The Hall–Kier alpha value is -2.59. The number of sulfone groups is 1. The summed E-state index contributed by atoms with van der Waals surface area (Å²) in [5, 5.41) is 12.1. The summed E-state index contributed by atoms with van der Waals surface area (Å²) in [6.07, 6.45) is 2.40. The van der Waals surface area contributed by atoms with Gasteiger partial charge in [-0.2, -0.15) is 0 Å². The Balaban J connectivity index is 1.48. The van der Waals surface area contributed by atoms with Crippen molar-refractivity contribution in [2.75, 3.05) is 11.1 Å². The summed E-state index contributed by atoms with van der Waals surface area (Å²) in [7, 11) is -3.20. The molecule has 0 radical (unpaired) electrons. The lowest BCUT2D eigenvalue weighted by Gasteiger charge is -2.06. The van der Waals surface area contributed by atoms with Gasteiger partial charge in [0.05, 0.1) is 12.2 Å². The molecule has 2 aromatic rings.